The van der Waals surface area contributed by atoms with E-state index in [9.17, 15) is 22.8 Å². The fourth-order valence-corrected chi connectivity index (χ4v) is 4.26. The summed E-state index contributed by atoms with van der Waals surface area (Å²) in [6, 6.07) is 4.86. The number of carbonyl (C=O) groups excluding carboxylic acids is 2. The van der Waals surface area contributed by atoms with Gasteiger partial charge in [0, 0.05) is 24.4 Å². The number of carbonyl (C=O) groups is 2. The van der Waals surface area contributed by atoms with Crippen LogP contribution in [0.5, 0.6) is 0 Å². The van der Waals surface area contributed by atoms with E-state index in [0.29, 0.717) is 18.4 Å². The minimum atomic E-state index is -4.42. The van der Waals surface area contributed by atoms with Crippen LogP contribution >= 0.6 is 0 Å². The highest BCUT2D eigenvalue weighted by molar-refractivity contribution is 5.84. The van der Waals surface area contributed by atoms with Crippen LogP contribution in [-0.2, 0) is 22.1 Å². The zero-order valence-electron chi connectivity index (χ0n) is 16.4. The van der Waals surface area contributed by atoms with Crippen LogP contribution in [0.2, 0.25) is 0 Å². The third-order valence-electron chi connectivity index (χ3n) is 5.43. The molecule has 28 heavy (non-hydrogen) atoms. The molecule has 4 nitrogen and oxygen atoms in total. The van der Waals surface area contributed by atoms with Crippen LogP contribution < -0.4 is 0 Å². The number of fused-ring (bicyclic) bond motifs is 2. The Morgan fingerprint density at radius 1 is 1.11 bits per heavy atom. The summed E-state index contributed by atoms with van der Waals surface area (Å²) in [4.78, 5) is 27.0. The number of benzene rings is 1. The molecule has 3 rings (SSSR count). The summed E-state index contributed by atoms with van der Waals surface area (Å²) in [5, 5.41) is 0. The first-order chi connectivity index (χ1) is 12.9. The molecule has 1 aromatic carbocycles. The lowest BCUT2D eigenvalue weighted by Crippen LogP contribution is -2.49. The number of amides is 1. The van der Waals surface area contributed by atoms with Crippen LogP contribution in [0.25, 0.3) is 0 Å². The number of piperidine rings is 1. The zero-order valence-corrected chi connectivity index (χ0v) is 16.4. The number of halogens is 3. The smallest absolute Gasteiger partial charge is 0.416 e. The van der Waals surface area contributed by atoms with Crippen molar-refractivity contribution in [2.75, 3.05) is 0 Å². The van der Waals surface area contributed by atoms with E-state index in [4.69, 9.17) is 4.74 Å². The third-order valence-corrected chi connectivity index (χ3v) is 5.43. The number of hydrogen-bond donors (Lipinski definition) is 0. The Bertz CT molecular complexity index is 740. The summed E-state index contributed by atoms with van der Waals surface area (Å²) >= 11 is 0. The Labute approximate surface area is 163 Å². The van der Waals surface area contributed by atoms with Gasteiger partial charge in [-0.2, -0.15) is 13.2 Å². The van der Waals surface area contributed by atoms with E-state index < -0.39 is 17.3 Å². The average Bonchev–Trinajstić information content (AvgIpc) is 2.83. The molecule has 0 aliphatic carbocycles. The Hall–Kier alpha value is -2.05. The van der Waals surface area contributed by atoms with Gasteiger partial charge in [0.1, 0.15) is 11.4 Å². The predicted octanol–water partition coefficient (Wildman–Crippen LogP) is 5.00. The number of ether oxygens (including phenoxy) is 1. The molecular formula is C21H26F3NO3. The van der Waals surface area contributed by atoms with Crippen molar-refractivity contribution in [3.8, 4) is 0 Å². The van der Waals surface area contributed by atoms with Crippen LogP contribution in [0.4, 0.5) is 18.0 Å². The van der Waals surface area contributed by atoms with Gasteiger partial charge in [0.15, 0.2) is 0 Å². The average molecular weight is 397 g/mol. The van der Waals surface area contributed by atoms with Crippen LogP contribution in [0.1, 0.15) is 57.6 Å². The second-order valence-electron chi connectivity index (χ2n) is 8.78. The maximum Gasteiger partial charge on any atom is 0.416 e. The Morgan fingerprint density at radius 3 is 2.25 bits per heavy atom. The highest BCUT2D eigenvalue weighted by Gasteiger charge is 2.46. The first kappa shape index (κ1) is 20.7. The first-order valence-corrected chi connectivity index (χ1v) is 9.64. The van der Waals surface area contributed by atoms with E-state index in [1.165, 1.54) is 6.07 Å². The largest absolute Gasteiger partial charge is 0.444 e. The monoisotopic (exact) mass is 397 g/mol. The molecule has 2 saturated heterocycles. The van der Waals surface area contributed by atoms with E-state index >= 15 is 0 Å². The van der Waals surface area contributed by atoms with Crippen molar-refractivity contribution in [1.82, 2.24) is 4.90 Å². The van der Waals surface area contributed by atoms with E-state index in [-0.39, 0.29) is 36.3 Å². The lowest BCUT2D eigenvalue weighted by Gasteiger charge is -2.39. The lowest BCUT2D eigenvalue weighted by molar-refractivity contribution is -0.137. The first-order valence-electron chi connectivity index (χ1n) is 9.64. The Kier molecular flexibility index (Phi) is 5.47. The van der Waals surface area contributed by atoms with Gasteiger partial charge in [0.2, 0.25) is 0 Å². The summed E-state index contributed by atoms with van der Waals surface area (Å²) in [6.45, 7) is 5.45. The summed E-state index contributed by atoms with van der Waals surface area (Å²) in [7, 11) is 0. The van der Waals surface area contributed by atoms with Gasteiger partial charge >= 0.3 is 12.3 Å². The summed E-state index contributed by atoms with van der Waals surface area (Å²) in [6.07, 6.45) is -2.02. The van der Waals surface area contributed by atoms with Gasteiger partial charge in [-0.3, -0.25) is 4.79 Å². The quantitative estimate of drug-likeness (QED) is 0.722. The van der Waals surface area contributed by atoms with Crippen molar-refractivity contribution < 1.29 is 27.5 Å². The fourth-order valence-electron chi connectivity index (χ4n) is 4.26. The molecule has 1 aromatic rings. The van der Waals surface area contributed by atoms with Crippen LogP contribution in [0.15, 0.2) is 24.3 Å². The van der Waals surface area contributed by atoms with E-state index in [0.717, 1.165) is 25.0 Å². The number of ketones is 1. The molecule has 2 aliphatic rings. The second kappa shape index (κ2) is 7.41. The van der Waals surface area contributed by atoms with Gasteiger partial charge in [0.25, 0.3) is 0 Å². The highest BCUT2D eigenvalue weighted by atomic mass is 19.4. The maximum atomic E-state index is 12.9. The van der Waals surface area contributed by atoms with Crippen LogP contribution in [0.3, 0.4) is 0 Å². The van der Waals surface area contributed by atoms with Gasteiger partial charge < -0.3 is 9.64 Å². The minimum absolute atomic E-state index is 0.0134. The van der Waals surface area contributed by atoms with Gasteiger partial charge in [-0.1, -0.05) is 18.2 Å². The van der Waals surface area contributed by atoms with Crippen molar-refractivity contribution in [3.63, 3.8) is 0 Å². The molecule has 0 N–H and O–H groups in total. The molecule has 0 radical (unpaired) electrons. The van der Waals surface area contributed by atoms with Gasteiger partial charge in [-0.15, -0.1) is 0 Å². The molecule has 2 unspecified atom stereocenters. The molecule has 2 bridgehead atoms. The Morgan fingerprint density at radius 2 is 1.71 bits per heavy atom. The standard InChI is InChI=1S/C21H26F3NO3/c1-20(2,3)28-19(27)25-16-7-8-17(25)12-14(11-16)18(26)10-13-5-4-6-15(9-13)21(22,23)24/h4-6,9,14,16-17H,7-8,10-12H2,1-3H3. The number of hydrogen-bond acceptors (Lipinski definition) is 3. The number of nitrogens with zero attached hydrogens (tertiary/aromatic N) is 1. The van der Waals surface area contributed by atoms with Crippen molar-refractivity contribution in [2.45, 2.75) is 76.7 Å². The fraction of sp³-hybridized carbons (Fsp3) is 0.619. The maximum absolute atomic E-state index is 12.9. The summed E-state index contributed by atoms with van der Waals surface area (Å²) < 4.78 is 44.1. The van der Waals surface area contributed by atoms with Gasteiger partial charge in [-0.25, -0.2) is 4.79 Å². The van der Waals surface area contributed by atoms with Crippen LogP contribution in [-0.4, -0.2) is 34.5 Å². The number of rotatable bonds is 3. The molecular weight excluding hydrogens is 371 g/mol. The summed E-state index contributed by atoms with van der Waals surface area (Å²) in [5.41, 5.74) is -0.938. The van der Waals surface area contributed by atoms with Crippen molar-refractivity contribution in [1.29, 1.82) is 0 Å². The van der Waals surface area contributed by atoms with Crippen molar-refractivity contribution >= 4 is 11.9 Å². The molecule has 7 heteroatoms. The highest BCUT2D eigenvalue weighted by Crippen LogP contribution is 2.40. The number of Topliss-reactive ketones (excluding diaryl/α,β-unsaturated/α-hetero) is 1. The minimum Gasteiger partial charge on any atom is -0.444 e. The molecule has 154 valence electrons. The third kappa shape index (κ3) is 4.67. The van der Waals surface area contributed by atoms with Gasteiger partial charge in [-0.05, 0) is 58.1 Å². The molecule has 0 saturated carbocycles. The van der Waals surface area contributed by atoms with E-state index in [1.807, 2.05) is 20.8 Å². The predicted molar refractivity (Wildman–Crippen MR) is 97.8 cm³/mol. The molecule has 2 atom stereocenters. The zero-order chi connectivity index (χ0) is 20.7. The molecule has 2 fully saturated rings. The second-order valence-corrected chi connectivity index (χ2v) is 8.78. The van der Waals surface area contributed by atoms with Crippen LogP contribution in [0, 0.1) is 5.92 Å². The van der Waals surface area contributed by atoms with Crippen molar-refractivity contribution in [2.24, 2.45) is 5.92 Å². The van der Waals surface area contributed by atoms with E-state index in [2.05, 4.69) is 0 Å². The van der Waals surface area contributed by atoms with E-state index in [1.54, 1.807) is 11.0 Å². The van der Waals surface area contributed by atoms with Gasteiger partial charge in [0.05, 0.1) is 5.56 Å². The lowest BCUT2D eigenvalue weighted by atomic mass is 9.85. The molecule has 1 amide bonds. The normalized spacial score (nSPS) is 24.9. The molecule has 2 heterocycles. The summed E-state index contributed by atoms with van der Waals surface area (Å²) in [5.74, 6) is -0.286. The SMILES string of the molecule is CC(C)(C)OC(=O)N1C2CCC1CC(C(=O)Cc1cccc(C(F)(F)F)c1)C2. The topological polar surface area (TPSA) is 46.6 Å². The molecule has 0 spiro atoms. The Balaban J connectivity index is 1.64. The number of alkyl halides is 3. The molecule has 2 aliphatic heterocycles. The molecule has 0 aromatic heterocycles. The van der Waals surface area contributed by atoms with Crippen molar-refractivity contribution in [3.05, 3.63) is 35.4 Å².